The largest absolute Gasteiger partial charge is 0.479 e. The van der Waals surface area contributed by atoms with Gasteiger partial charge in [0.25, 0.3) is 17.7 Å². The SMILES string of the molecule is Cc1c(-c2ccc(N3CCc4cccc(C(=O)Nc5nc6ccccc6s5)c4C3)nc2C(=O)O)cnn1CC12CC3(C)CC(C)(C1)CC(OCCN(CC[C@@H](O)[C@H](O)[C@H](O)CO)C(=O)OCc1ccc(CCCCNC(=O)CN4C(=O)C=CC4=O)cc1OC1(O[C@@H]4O[C@H](CO)[C@@H](O)[C@H](O)[C@H]4O)O[C@H](C(=O)O)[C@@H](O)[C@H](O)[C@H]1O)(C3)C2. The second kappa shape index (κ2) is 33.6. The van der Waals surface area contributed by atoms with Crippen molar-refractivity contribution in [3.63, 3.8) is 0 Å². The van der Waals surface area contributed by atoms with Crippen LogP contribution in [0, 0.1) is 23.2 Å². The number of amides is 5. The molecule has 4 saturated carbocycles. The Morgan fingerprint density at radius 2 is 1.54 bits per heavy atom. The van der Waals surface area contributed by atoms with Crippen molar-refractivity contribution in [2.24, 2.45) is 16.2 Å². The van der Waals surface area contributed by atoms with E-state index in [0.717, 1.165) is 57.7 Å². The number of carbonyl (C=O) groups excluding carboxylic acids is 5. The highest BCUT2D eigenvalue weighted by Crippen LogP contribution is 2.72. The standard InChI is InChI=1S/C78H95N9O26S/c1-41-47(45-16-17-55(82-59(45)69(103)104)85-23-20-43-10-8-11-46(48(43)29-85)68(102)83-72-81-49-12-4-5-13-54(49)114-72)28-80-87(41)40-76-35-74(2)34-75(3,36-76)38-77(37-74,39-76)109-26-25-84(24-21-50(90)60(95)51(91)31-88)73(107)108-33-44-15-14-42(9-6-7-22-79-56(92)30-86-57(93)18-19-58(86)94)27-52(44)111-78(67(101)64(99)63(98)66(112-78)70(105)106)113-71-65(100)62(97)61(96)53(32-89)110-71/h4-5,8,10-19,27-28,50-51,53,60-67,71,88-91,95-101H,6-7,9,20-26,29-40H2,1-3H3,(H,79,92)(H,103,104)(H,105,106)(H,81,83,102)/t50-,51-,53-,60+,61-,62+,63+,64+,65-,66+,67-,71+,74?,75?,76?,77?,78?/m1/s1. The van der Waals surface area contributed by atoms with E-state index in [1.54, 1.807) is 30.5 Å². The second-order valence-electron chi connectivity index (χ2n) is 31.7. The molecule has 14 rings (SSSR count). The monoisotopic (exact) mass is 1610 g/mol. The number of nitrogens with zero attached hydrogens (tertiary/aromatic N) is 7. The maximum Gasteiger partial charge on any atom is 0.410 e. The summed E-state index contributed by atoms with van der Waals surface area (Å²) in [6.45, 7) is 3.85. The molecule has 3 aromatic heterocycles. The number of carboxylic acids is 2. The van der Waals surface area contributed by atoms with Crippen molar-refractivity contribution >= 4 is 74.2 Å². The van der Waals surface area contributed by atoms with Gasteiger partial charge in [0.05, 0.1) is 47.9 Å². The molecule has 0 radical (unpaired) electrons. The summed E-state index contributed by atoms with van der Waals surface area (Å²) in [5.74, 6) is -8.79. The van der Waals surface area contributed by atoms with Gasteiger partial charge in [-0.3, -0.25) is 43.6 Å². The number of aryl methyl sites for hydroxylation is 1. The molecule has 7 heterocycles. The molecule has 5 amide bonds. The minimum Gasteiger partial charge on any atom is -0.479 e. The van der Waals surface area contributed by atoms with Crippen molar-refractivity contribution in [3.05, 3.63) is 130 Å². The molecule has 15 N–H and O–H groups in total. The molecular weight excluding hydrogens is 1510 g/mol. The molecule has 4 bridgehead atoms. The smallest absolute Gasteiger partial charge is 0.410 e. The third kappa shape index (κ3) is 17.4. The number of pyridine rings is 1. The van der Waals surface area contributed by atoms with Gasteiger partial charge in [0.15, 0.2) is 29.3 Å². The highest BCUT2D eigenvalue weighted by atomic mass is 32.1. The zero-order chi connectivity index (χ0) is 81.5. The number of imide groups is 1. The van der Waals surface area contributed by atoms with Gasteiger partial charge >= 0.3 is 24.0 Å². The van der Waals surface area contributed by atoms with Crippen molar-refractivity contribution in [2.45, 2.75) is 196 Å². The number of ether oxygens (including phenoxy) is 6. The van der Waals surface area contributed by atoms with Crippen LogP contribution < -0.4 is 20.3 Å². The summed E-state index contributed by atoms with van der Waals surface area (Å²) in [5.41, 5.74) is 3.19. The van der Waals surface area contributed by atoms with Crippen LogP contribution in [-0.4, -0.2) is 275 Å². The molecule has 4 aliphatic carbocycles. The highest BCUT2D eigenvalue weighted by molar-refractivity contribution is 7.22. The summed E-state index contributed by atoms with van der Waals surface area (Å²) in [7, 11) is 0. The van der Waals surface area contributed by atoms with Gasteiger partial charge in [-0.2, -0.15) is 5.10 Å². The van der Waals surface area contributed by atoms with E-state index in [9.17, 15) is 99.9 Å². The molecular formula is C78H95N9O26S. The number of hydrogen-bond acceptors (Lipinski definition) is 29. The molecule has 8 aliphatic rings. The summed E-state index contributed by atoms with van der Waals surface area (Å²) in [6.07, 6.45) is -17.5. The zero-order valence-electron chi connectivity index (χ0n) is 62.8. The minimum absolute atomic E-state index is 0.0776. The first-order valence-corrected chi connectivity index (χ1v) is 38.6. The Hall–Kier alpha value is -9.06. The average molecular weight is 1610 g/mol. The number of aliphatic carboxylic acids is 1. The lowest BCUT2D eigenvalue weighted by Crippen LogP contribution is -2.71. The normalized spacial score (nSPS) is 29.1. The quantitative estimate of drug-likeness (QED) is 0.0161. The van der Waals surface area contributed by atoms with Gasteiger partial charge in [0.2, 0.25) is 5.91 Å². The van der Waals surface area contributed by atoms with Gasteiger partial charge in [0.1, 0.15) is 73.6 Å². The topological polar surface area (TPSA) is 515 Å². The fourth-order valence-corrected chi connectivity index (χ4v) is 19.2. The Labute approximate surface area is 656 Å². The van der Waals surface area contributed by atoms with Crippen LogP contribution in [0.4, 0.5) is 15.7 Å². The fraction of sp³-hybridized carbons (Fsp3) is 0.538. The first-order chi connectivity index (χ1) is 54.2. The number of aromatic nitrogens is 4. The minimum atomic E-state index is -3.37. The van der Waals surface area contributed by atoms with Gasteiger partial charge in [-0.15, -0.1) is 0 Å². The molecule has 4 aliphatic heterocycles. The van der Waals surface area contributed by atoms with Crippen molar-refractivity contribution in [3.8, 4) is 16.9 Å². The molecule has 6 aromatic rings. The third-order valence-electron chi connectivity index (χ3n) is 22.8. The molecule has 614 valence electrons. The summed E-state index contributed by atoms with van der Waals surface area (Å²) in [5, 5.41) is 151. The molecule has 2 saturated heterocycles. The Bertz CT molecular complexity index is 4570. The summed E-state index contributed by atoms with van der Waals surface area (Å²) in [6, 6.07) is 21.0. The van der Waals surface area contributed by atoms with E-state index in [1.807, 2.05) is 52.9 Å². The molecule has 36 heteroatoms. The lowest BCUT2D eigenvalue weighted by molar-refractivity contribution is -0.474. The molecule has 114 heavy (non-hydrogen) atoms. The van der Waals surface area contributed by atoms with Crippen LogP contribution in [0.3, 0.4) is 0 Å². The number of anilines is 2. The van der Waals surface area contributed by atoms with Crippen LogP contribution in [0.5, 0.6) is 5.75 Å². The first-order valence-electron chi connectivity index (χ1n) is 37.8. The average Bonchev–Trinajstić information content (AvgIpc) is 0.738. The third-order valence-corrected chi connectivity index (χ3v) is 23.8. The van der Waals surface area contributed by atoms with E-state index in [0.29, 0.717) is 97.1 Å². The molecule has 6 fully saturated rings. The van der Waals surface area contributed by atoms with E-state index in [4.69, 9.17) is 38.5 Å². The van der Waals surface area contributed by atoms with Crippen LogP contribution in [0.15, 0.2) is 91.1 Å². The van der Waals surface area contributed by atoms with Gasteiger partial charge in [-0.1, -0.05) is 61.6 Å². The maximum absolute atomic E-state index is 14.8. The van der Waals surface area contributed by atoms with Crippen LogP contribution in [0.1, 0.15) is 120 Å². The number of rotatable bonds is 32. The number of fused-ring (bicyclic) bond motifs is 2. The number of benzene rings is 3. The number of aliphatic hydroxyl groups is 11. The molecule has 0 spiro atoms. The molecule has 3 aromatic carbocycles. The van der Waals surface area contributed by atoms with Crippen LogP contribution >= 0.6 is 11.3 Å². The zero-order valence-corrected chi connectivity index (χ0v) is 63.6. The van der Waals surface area contributed by atoms with Crippen molar-refractivity contribution in [1.82, 2.24) is 34.9 Å². The van der Waals surface area contributed by atoms with Crippen LogP contribution in [-0.2, 0) is 75.4 Å². The Balaban J connectivity index is 0.726. The first kappa shape index (κ1) is 82.9. The molecule has 15 atom stereocenters. The maximum atomic E-state index is 14.8. The van der Waals surface area contributed by atoms with E-state index in [-0.39, 0.29) is 67.1 Å². The highest BCUT2D eigenvalue weighted by Gasteiger charge is 2.67. The summed E-state index contributed by atoms with van der Waals surface area (Å²) >= 11 is 1.38. The number of hydrogen-bond donors (Lipinski definition) is 15. The number of unbranched alkanes of at least 4 members (excludes halogenated alkanes) is 1. The van der Waals surface area contributed by atoms with E-state index >= 15 is 0 Å². The number of aliphatic hydroxyl groups excluding tert-OH is 11. The van der Waals surface area contributed by atoms with Gasteiger partial charge in [-0.25, -0.2) is 24.4 Å². The number of carbonyl (C=O) groups is 7. The Morgan fingerprint density at radius 1 is 0.798 bits per heavy atom. The number of para-hydroxylation sites is 1. The molecule has 35 nitrogen and oxygen atoms in total. The number of carboxylic acid groups (broad SMARTS) is 2. The van der Waals surface area contributed by atoms with E-state index in [1.165, 1.54) is 28.4 Å². The lowest BCUT2D eigenvalue weighted by Gasteiger charge is -2.69. The molecule has 3 unspecified atom stereocenters. The second-order valence-corrected chi connectivity index (χ2v) is 32.8. The summed E-state index contributed by atoms with van der Waals surface area (Å²) < 4.78 is 39.4. The van der Waals surface area contributed by atoms with Crippen LogP contribution in [0.25, 0.3) is 21.3 Å². The van der Waals surface area contributed by atoms with Crippen LogP contribution in [0.2, 0.25) is 0 Å². The predicted octanol–water partition coefficient (Wildman–Crippen LogP) is 1.40. The van der Waals surface area contributed by atoms with Crippen molar-refractivity contribution < 1.29 is 128 Å². The lowest BCUT2D eigenvalue weighted by atomic mass is 9.39. The van der Waals surface area contributed by atoms with Crippen molar-refractivity contribution in [1.29, 1.82) is 0 Å². The number of aromatic carboxylic acids is 1. The number of nitrogens with one attached hydrogen (secondary N) is 2. The Morgan fingerprint density at radius 3 is 2.25 bits per heavy atom. The van der Waals surface area contributed by atoms with Gasteiger partial charge in [-0.05, 0) is 147 Å². The fourth-order valence-electron chi connectivity index (χ4n) is 18.4. The van der Waals surface area contributed by atoms with Crippen molar-refractivity contribution in [2.75, 3.05) is 62.8 Å². The van der Waals surface area contributed by atoms with E-state index in [2.05, 4.69) is 29.5 Å². The number of thiazole rings is 1. The van der Waals surface area contributed by atoms with Gasteiger partial charge < -0.3 is 100 Å². The summed E-state index contributed by atoms with van der Waals surface area (Å²) in [4.78, 5) is 105. The van der Waals surface area contributed by atoms with Gasteiger partial charge in [0, 0.05) is 79.4 Å². The predicted molar refractivity (Wildman–Crippen MR) is 399 cm³/mol. The Kier molecular flexibility index (Phi) is 24.5. The van der Waals surface area contributed by atoms with E-state index < -0.39 is 158 Å².